The summed E-state index contributed by atoms with van der Waals surface area (Å²) in [5.41, 5.74) is 3.96. The summed E-state index contributed by atoms with van der Waals surface area (Å²) in [6.07, 6.45) is 1.13. The number of nitrogens with one attached hydrogen (secondary N) is 1. The fourth-order valence-electron chi connectivity index (χ4n) is 3.38. The summed E-state index contributed by atoms with van der Waals surface area (Å²) in [4.78, 5) is 12.5. The van der Waals surface area contributed by atoms with Crippen molar-refractivity contribution in [2.45, 2.75) is 20.4 Å². The first-order valence-electron chi connectivity index (χ1n) is 11.0. The van der Waals surface area contributed by atoms with E-state index in [1.807, 2.05) is 32.0 Å². The largest absolute Gasteiger partial charge is 0.495 e. The first-order chi connectivity index (χ1) is 16.6. The topological polar surface area (TPSA) is 84.9 Å². The Kier molecular flexibility index (Phi) is 8.64. The van der Waals surface area contributed by atoms with Gasteiger partial charge in [-0.2, -0.15) is 0 Å². The number of amides is 1. The number of nitrogens with zero attached hydrogens (tertiary/aromatic N) is 1. The van der Waals surface area contributed by atoms with Crippen LogP contribution >= 0.6 is 11.6 Å². The van der Waals surface area contributed by atoms with Crippen LogP contribution in [0.25, 0.3) is 0 Å². The Morgan fingerprint density at radius 3 is 2.31 bits per heavy atom. The molecule has 0 radical (unpaired) electrons. The molecule has 0 spiro atoms. The molecular formula is C26H29ClN2O5S. The zero-order chi connectivity index (χ0) is 25.6. The molecule has 9 heteroatoms. The fraction of sp³-hybridized carbons (Fsp3) is 0.269. The molecule has 186 valence electrons. The van der Waals surface area contributed by atoms with E-state index in [0.29, 0.717) is 35.2 Å². The number of benzene rings is 3. The molecule has 0 saturated heterocycles. The number of methoxy groups -OCH3 is 1. The van der Waals surface area contributed by atoms with Crippen LogP contribution in [0.1, 0.15) is 27.0 Å². The van der Waals surface area contributed by atoms with Crippen LogP contribution in [0.3, 0.4) is 0 Å². The maximum atomic E-state index is 12.5. The van der Waals surface area contributed by atoms with Crippen LogP contribution in [0.15, 0.2) is 60.7 Å². The molecule has 3 aromatic rings. The predicted octanol–water partition coefficient (Wildman–Crippen LogP) is 4.74. The second-order valence-corrected chi connectivity index (χ2v) is 10.4. The normalized spacial score (nSPS) is 11.1. The van der Waals surface area contributed by atoms with Gasteiger partial charge < -0.3 is 14.8 Å². The van der Waals surface area contributed by atoms with Gasteiger partial charge in [0.2, 0.25) is 10.0 Å². The summed E-state index contributed by atoms with van der Waals surface area (Å²) in [5.74, 6) is 0.987. The Balaban J connectivity index is 1.59. The highest BCUT2D eigenvalue weighted by Crippen LogP contribution is 2.31. The smallest absolute Gasteiger partial charge is 0.251 e. The number of sulfonamides is 1. The molecule has 0 heterocycles. The Bertz CT molecular complexity index is 1290. The molecular weight excluding hydrogens is 488 g/mol. The van der Waals surface area contributed by atoms with Crippen molar-refractivity contribution in [1.82, 2.24) is 5.32 Å². The zero-order valence-electron chi connectivity index (χ0n) is 20.2. The Morgan fingerprint density at radius 2 is 1.71 bits per heavy atom. The van der Waals surface area contributed by atoms with Gasteiger partial charge in [-0.1, -0.05) is 29.8 Å². The monoisotopic (exact) mass is 516 g/mol. The molecule has 0 aliphatic heterocycles. The minimum Gasteiger partial charge on any atom is -0.495 e. The number of hydrogen-bond acceptors (Lipinski definition) is 5. The highest BCUT2D eigenvalue weighted by Gasteiger charge is 2.19. The Morgan fingerprint density at radius 1 is 1.00 bits per heavy atom. The molecule has 0 unspecified atom stereocenters. The van der Waals surface area contributed by atoms with Gasteiger partial charge in [-0.3, -0.25) is 9.10 Å². The van der Waals surface area contributed by atoms with E-state index in [-0.39, 0.29) is 12.5 Å². The maximum Gasteiger partial charge on any atom is 0.251 e. The lowest BCUT2D eigenvalue weighted by Gasteiger charge is -2.23. The highest BCUT2D eigenvalue weighted by atomic mass is 35.5. The molecule has 3 rings (SSSR count). The molecule has 35 heavy (non-hydrogen) atoms. The number of hydrogen-bond donors (Lipinski definition) is 1. The van der Waals surface area contributed by atoms with Crippen LogP contribution in [0.2, 0.25) is 5.02 Å². The second kappa shape index (κ2) is 11.5. The van der Waals surface area contributed by atoms with Crippen molar-refractivity contribution in [3.63, 3.8) is 0 Å². The molecule has 3 aromatic carbocycles. The summed E-state index contributed by atoms with van der Waals surface area (Å²) < 4.78 is 37.0. The number of carbonyl (C=O) groups excluding carboxylic acids is 1. The molecule has 0 aromatic heterocycles. The highest BCUT2D eigenvalue weighted by molar-refractivity contribution is 7.92. The van der Waals surface area contributed by atoms with Gasteiger partial charge in [0, 0.05) is 5.56 Å². The number of halogens is 1. The molecule has 1 amide bonds. The van der Waals surface area contributed by atoms with Gasteiger partial charge in [0.1, 0.15) is 18.1 Å². The molecule has 0 fully saturated rings. The van der Waals surface area contributed by atoms with Crippen molar-refractivity contribution in [1.29, 1.82) is 0 Å². The van der Waals surface area contributed by atoms with Gasteiger partial charge in [0.15, 0.2) is 0 Å². The Hall–Kier alpha value is -3.23. The molecule has 7 nitrogen and oxygen atoms in total. The van der Waals surface area contributed by atoms with E-state index in [1.54, 1.807) is 42.5 Å². The second-order valence-electron chi connectivity index (χ2n) is 8.14. The summed E-state index contributed by atoms with van der Waals surface area (Å²) in [5, 5.41) is 3.14. The molecule has 1 N–H and O–H groups in total. The van der Waals surface area contributed by atoms with Gasteiger partial charge in [-0.15, -0.1) is 0 Å². The van der Waals surface area contributed by atoms with Crippen molar-refractivity contribution in [3.8, 4) is 11.5 Å². The van der Waals surface area contributed by atoms with E-state index >= 15 is 0 Å². The number of ether oxygens (including phenoxy) is 2. The third kappa shape index (κ3) is 7.13. The lowest BCUT2D eigenvalue weighted by molar-refractivity contribution is 0.0947. The quantitative estimate of drug-likeness (QED) is 0.393. The average molecular weight is 517 g/mol. The molecule has 0 bridgehead atoms. The van der Waals surface area contributed by atoms with Crippen LogP contribution in [-0.4, -0.2) is 40.8 Å². The van der Waals surface area contributed by atoms with Crippen molar-refractivity contribution < 1.29 is 22.7 Å². The van der Waals surface area contributed by atoms with E-state index in [4.69, 9.17) is 21.1 Å². The number of aryl methyl sites for hydroxylation is 2. The number of anilines is 1. The molecule has 0 aliphatic carbocycles. The zero-order valence-corrected chi connectivity index (χ0v) is 21.7. The van der Waals surface area contributed by atoms with Crippen LogP contribution in [0, 0.1) is 13.8 Å². The van der Waals surface area contributed by atoms with Gasteiger partial charge in [0.25, 0.3) is 5.91 Å². The molecule has 0 saturated carbocycles. The number of carbonyl (C=O) groups is 1. The van der Waals surface area contributed by atoms with E-state index in [2.05, 4.69) is 5.32 Å². The van der Waals surface area contributed by atoms with E-state index in [1.165, 1.54) is 17.0 Å². The molecule has 0 atom stereocenters. The van der Waals surface area contributed by atoms with Crippen molar-refractivity contribution in [3.05, 3.63) is 87.9 Å². The third-order valence-corrected chi connectivity index (χ3v) is 6.94. The summed E-state index contributed by atoms with van der Waals surface area (Å²) >= 11 is 6.18. The SMILES string of the molecule is COc1ccc(N(Cc2ccc(C(=O)NCCOc3ccc(C)c(C)c3)cc2)S(C)(=O)=O)cc1Cl. The van der Waals surface area contributed by atoms with Crippen LogP contribution in [-0.2, 0) is 16.6 Å². The van der Waals surface area contributed by atoms with Gasteiger partial charge >= 0.3 is 0 Å². The fourth-order valence-corrected chi connectivity index (χ4v) is 4.51. The van der Waals surface area contributed by atoms with Gasteiger partial charge in [-0.05, 0) is 73.0 Å². The number of rotatable bonds is 10. The Labute approximate surface area is 211 Å². The average Bonchev–Trinajstić information content (AvgIpc) is 2.82. The van der Waals surface area contributed by atoms with Gasteiger partial charge in [0.05, 0.1) is 37.2 Å². The van der Waals surface area contributed by atoms with E-state index < -0.39 is 10.0 Å². The summed E-state index contributed by atoms with van der Waals surface area (Å²) in [7, 11) is -2.09. The lowest BCUT2D eigenvalue weighted by Crippen LogP contribution is -2.29. The lowest BCUT2D eigenvalue weighted by atomic mass is 10.1. The first kappa shape index (κ1) is 26.4. The van der Waals surface area contributed by atoms with Crippen LogP contribution in [0.4, 0.5) is 5.69 Å². The molecule has 0 aliphatic rings. The predicted molar refractivity (Wildman–Crippen MR) is 139 cm³/mol. The summed E-state index contributed by atoms with van der Waals surface area (Å²) in [6.45, 7) is 4.85. The third-order valence-electron chi connectivity index (χ3n) is 5.50. The first-order valence-corrected chi connectivity index (χ1v) is 13.2. The van der Waals surface area contributed by atoms with E-state index in [0.717, 1.165) is 23.1 Å². The summed E-state index contributed by atoms with van der Waals surface area (Å²) in [6, 6.07) is 17.4. The minimum atomic E-state index is -3.58. The minimum absolute atomic E-state index is 0.0905. The standard InChI is InChI=1S/C26H29ClN2O5S/c1-18-5-11-23(15-19(18)2)34-14-13-28-26(30)21-8-6-20(7-9-21)17-29(35(4,31)32)22-10-12-25(33-3)24(27)16-22/h5-12,15-16H,13-14,17H2,1-4H3,(H,28,30). The van der Waals surface area contributed by atoms with Crippen molar-refractivity contribution in [2.24, 2.45) is 0 Å². The van der Waals surface area contributed by atoms with Gasteiger partial charge in [-0.25, -0.2) is 8.42 Å². The van der Waals surface area contributed by atoms with Crippen molar-refractivity contribution >= 4 is 33.2 Å². The van der Waals surface area contributed by atoms with Crippen molar-refractivity contribution in [2.75, 3.05) is 30.8 Å². The van der Waals surface area contributed by atoms with E-state index in [9.17, 15) is 13.2 Å². The van der Waals surface area contributed by atoms with Crippen LogP contribution < -0.4 is 19.1 Å². The maximum absolute atomic E-state index is 12.5. The van der Waals surface area contributed by atoms with Crippen LogP contribution in [0.5, 0.6) is 11.5 Å².